The standard InChI is InChI=1S/C12H7F3N2OS/c13-12(14,15)5-9(18)7(6-16)11-17-8-3-1-2-4-10(8)19-11/h1-4,18H,5H2/b9-7-. The Morgan fingerprint density at radius 1 is 1.37 bits per heavy atom. The lowest BCUT2D eigenvalue weighted by molar-refractivity contribution is -0.132. The summed E-state index contributed by atoms with van der Waals surface area (Å²) in [5, 5.41) is 18.4. The molecule has 0 atom stereocenters. The summed E-state index contributed by atoms with van der Waals surface area (Å²) in [5.74, 6) is -1.01. The van der Waals surface area contributed by atoms with E-state index in [0.29, 0.717) is 5.52 Å². The molecule has 1 aromatic heterocycles. The SMILES string of the molecule is N#C/C(=C(/O)CC(F)(F)F)c1nc2ccccc2s1. The summed E-state index contributed by atoms with van der Waals surface area (Å²) in [7, 11) is 0. The third kappa shape index (κ3) is 3.03. The van der Waals surface area contributed by atoms with E-state index in [9.17, 15) is 18.3 Å². The molecular formula is C12H7F3N2OS. The lowest BCUT2D eigenvalue weighted by Gasteiger charge is -2.05. The highest BCUT2D eigenvalue weighted by Crippen LogP contribution is 2.31. The highest BCUT2D eigenvalue weighted by molar-refractivity contribution is 7.19. The van der Waals surface area contributed by atoms with Gasteiger partial charge in [0.05, 0.1) is 10.2 Å². The second-order valence-electron chi connectivity index (χ2n) is 3.71. The second-order valence-corrected chi connectivity index (χ2v) is 4.74. The van der Waals surface area contributed by atoms with Crippen LogP contribution in [0.5, 0.6) is 0 Å². The largest absolute Gasteiger partial charge is 0.510 e. The van der Waals surface area contributed by atoms with Gasteiger partial charge in [0.2, 0.25) is 0 Å². The van der Waals surface area contributed by atoms with E-state index in [1.807, 2.05) is 0 Å². The molecule has 2 aromatic rings. The third-order valence-electron chi connectivity index (χ3n) is 2.28. The zero-order valence-corrected chi connectivity index (χ0v) is 10.2. The first-order valence-electron chi connectivity index (χ1n) is 5.15. The molecule has 2 rings (SSSR count). The van der Waals surface area contributed by atoms with Crippen LogP contribution < -0.4 is 0 Å². The molecule has 0 bridgehead atoms. The molecule has 19 heavy (non-hydrogen) atoms. The number of para-hydroxylation sites is 1. The molecule has 0 fully saturated rings. The van der Waals surface area contributed by atoms with Gasteiger partial charge in [-0.05, 0) is 12.1 Å². The van der Waals surface area contributed by atoms with Gasteiger partial charge >= 0.3 is 6.18 Å². The molecular weight excluding hydrogens is 277 g/mol. The number of thiazole rings is 1. The fourth-order valence-corrected chi connectivity index (χ4v) is 2.48. The highest BCUT2D eigenvalue weighted by Gasteiger charge is 2.31. The fourth-order valence-electron chi connectivity index (χ4n) is 1.49. The monoisotopic (exact) mass is 284 g/mol. The van der Waals surface area contributed by atoms with Crippen molar-refractivity contribution in [2.45, 2.75) is 12.6 Å². The number of allylic oxidation sites excluding steroid dienone is 2. The van der Waals surface area contributed by atoms with Gasteiger partial charge in [-0.1, -0.05) is 12.1 Å². The zero-order valence-electron chi connectivity index (χ0n) is 9.40. The molecule has 0 aliphatic rings. The number of rotatable bonds is 2. The maximum absolute atomic E-state index is 12.2. The Labute approximate surface area is 110 Å². The molecule has 0 unspecified atom stereocenters. The normalized spacial score (nSPS) is 13.2. The van der Waals surface area contributed by atoms with E-state index < -0.39 is 23.9 Å². The van der Waals surface area contributed by atoms with Gasteiger partial charge in [-0.25, -0.2) is 4.98 Å². The smallest absolute Gasteiger partial charge is 0.396 e. The van der Waals surface area contributed by atoms with Gasteiger partial charge in [0.25, 0.3) is 0 Å². The summed E-state index contributed by atoms with van der Waals surface area (Å²) in [6, 6.07) is 8.50. The van der Waals surface area contributed by atoms with Crippen LogP contribution in [-0.2, 0) is 0 Å². The fraction of sp³-hybridized carbons (Fsp3) is 0.167. The first-order chi connectivity index (χ1) is 8.90. The van der Waals surface area contributed by atoms with Crippen LogP contribution in [-0.4, -0.2) is 16.3 Å². The molecule has 1 N–H and O–H groups in total. The van der Waals surface area contributed by atoms with Gasteiger partial charge in [-0.15, -0.1) is 11.3 Å². The van der Waals surface area contributed by atoms with E-state index in [4.69, 9.17) is 5.26 Å². The molecule has 98 valence electrons. The van der Waals surface area contributed by atoms with Crippen molar-refractivity contribution in [3.8, 4) is 6.07 Å². The maximum Gasteiger partial charge on any atom is 0.396 e. The van der Waals surface area contributed by atoms with Crippen LogP contribution in [0, 0.1) is 11.3 Å². The van der Waals surface area contributed by atoms with Crippen molar-refractivity contribution >= 4 is 27.1 Å². The number of benzene rings is 1. The number of fused-ring (bicyclic) bond motifs is 1. The van der Waals surface area contributed by atoms with Gasteiger partial charge < -0.3 is 5.11 Å². The Balaban J connectivity index is 2.47. The van der Waals surface area contributed by atoms with Crippen molar-refractivity contribution in [3.63, 3.8) is 0 Å². The minimum atomic E-state index is -4.57. The van der Waals surface area contributed by atoms with E-state index in [1.54, 1.807) is 30.3 Å². The van der Waals surface area contributed by atoms with Gasteiger partial charge in [-0.2, -0.15) is 18.4 Å². The van der Waals surface area contributed by atoms with Gasteiger partial charge in [0.1, 0.15) is 28.8 Å². The number of alkyl halides is 3. The molecule has 3 nitrogen and oxygen atoms in total. The molecule has 0 aliphatic carbocycles. The molecule has 0 aliphatic heterocycles. The zero-order chi connectivity index (χ0) is 14.0. The molecule has 0 saturated carbocycles. The van der Waals surface area contributed by atoms with Crippen molar-refractivity contribution in [2.75, 3.05) is 0 Å². The molecule has 0 saturated heterocycles. The number of nitrogens with zero attached hydrogens (tertiary/aromatic N) is 2. The summed E-state index contributed by atoms with van der Waals surface area (Å²) in [6.07, 6.45) is -6.10. The van der Waals surface area contributed by atoms with Crippen LogP contribution in [0.25, 0.3) is 15.8 Å². The van der Waals surface area contributed by atoms with Gasteiger partial charge in [-0.3, -0.25) is 0 Å². The third-order valence-corrected chi connectivity index (χ3v) is 3.33. The van der Waals surface area contributed by atoms with Crippen LogP contribution in [0.3, 0.4) is 0 Å². The second kappa shape index (κ2) is 4.90. The number of nitriles is 1. The number of halogens is 3. The average molecular weight is 284 g/mol. The van der Waals surface area contributed by atoms with Crippen molar-refractivity contribution in [1.82, 2.24) is 4.98 Å². The molecule has 0 spiro atoms. The summed E-state index contributed by atoms with van der Waals surface area (Å²) in [6.45, 7) is 0. The van der Waals surface area contributed by atoms with Crippen LogP contribution in [0.15, 0.2) is 30.0 Å². The van der Waals surface area contributed by atoms with E-state index >= 15 is 0 Å². The van der Waals surface area contributed by atoms with E-state index in [0.717, 1.165) is 16.0 Å². The van der Waals surface area contributed by atoms with Crippen LogP contribution in [0.2, 0.25) is 0 Å². The maximum atomic E-state index is 12.2. The summed E-state index contributed by atoms with van der Waals surface area (Å²) < 4.78 is 37.3. The number of aliphatic hydroxyl groups excluding tert-OH is 1. The summed E-state index contributed by atoms with van der Waals surface area (Å²) in [5.41, 5.74) is 0.147. The highest BCUT2D eigenvalue weighted by atomic mass is 32.1. The number of hydrogen-bond acceptors (Lipinski definition) is 4. The Hall–Kier alpha value is -2.07. The summed E-state index contributed by atoms with van der Waals surface area (Å²) >= 11 is 1.07. The van der Waals surface area contributed by atoms with E-state index in [-0.39, 0.29) is 5.01 Å². The van der Waals surface area contributed by atoms with Crippen LogP contribution >= 0.6 is 11.3 Å². The molecule has 0 amide bonds. The van der Waals surface area contributed by atoms with Gasteiger partial charge in [0, 0.05) is 0 Å². The van der Waals surface area contributed by atoms with Gasteiger partial charge in [0.15, 0.2) is 0 Å². The number of aromatic nitrogens is 1. The molecule has 7 heteroatoms. The average Bonchev–Trinajstić information content (AvgIpc) is 2.70. The number of hydrogen-bond donors (Lipinski definition) is 1. The lowest BCUT2D eigenvalue weighted by Crippen LogP contribution is -2.09. The molecule has 0 radical (unpaired) electrons. The van der Waals surface area contributed by atoms with Crippen molar-refractivity contribution in [1.29, 1.82) is 5.26 Å². The first-order valence-corrected chi connectivity index (χ1v) is 5.97. The topological polar surface area (TPSA) is 56.9 Å². The Kier molecular flexibility index (Phi) is 3.44. The van der Waals surface area contributed by atoms with Crippen molar-refractivity contribution in [2.24, 2.45) is 0 Å². The predicted octanol–water partition coefficient (Wildman–Crippen LogP) is 4.04. The van der Waals surface area contributed by atoms with Crippen molar-refractivity contribution in [3.05, 3.63) is 35.0 Å². The van der Waals surface area contributed by atoms with Crippen LogP contribution in [0.4, 0.5) is 13.2 Å². The molecule has 1 heterocycles. The minimum absolute atomic E-state index is 0.0884. The van der Waals surface area contributed by atoms with Crippen molar-refractivity contribution < 1.29 is 18.3 Å². The Bertz CT molecular complexity index is 649. The molecule has 1 aromatic carbocycles. The predicted molar refractivity (Wildman–Crippen MR) is 65.5 cm³/mol. The van der Waals surface area contributed by atoms with Crippen LogP contribution in [0.1, 0.15) is 11.4 Å². The Morgan fingerprint density at radius 2 is 2.05 bits per heavy atom. The first kappa shape index (κ1) is 13.4. The Morgan fingerprint density at radius 3 is 2.63 bits per heavy atom. The summed E-state index contributed by atoms with van der Waals surface area (Å²) in [4.78, 5) is 4.05. The van der Waals surface area contributed by atoms with E-state index in [1.165, 1.54) is 0 Å². The lowest BCUT2D eigenvalue weighted by atomic mass is 10.2. The van der Waals surface area contributed by atoms with E-state index in [2.05, 4.69) is 4.98 Å². The number of aliphatic hydroxyl groups is 1. The quantitative estimate of drug-likeness (QED) is 0.668. The minimum Gasteiger partial charge on any atom is -0.510 e.